The molecule has 5 fully saturated rings. The molecule has 0 aliphatic heterocycles. The molecule has 0 aromatic rings. The molecule has 0 amide bonds. The molecule has 0 saturated heterocycles. The van der Waals surface area contributed by atoms with E-state index in [1.54, 1.807) is 0 Å². The Labute approximate surface area is 200 Å². The third-order valence-electron chi connectivity index (χ3n) is 13.5. The Kier molecular flexibility index (Phi) is 4.95. The lowest BCUT2D eigenvalue weighted by molar-refractivity contribution is -0.263. The number of ketones is 1. The minimum atomic E-state index is -0.768. The van der Waals surface area contributed by atoms with E-state index in [1.807, 2.05) is 6.92 Å². The molecule has 186 valence electrons. The van der Waals surface area contributed by atoms with Crippen LogP contribution in [0, 0.1) is 50.7 Å². The first kappa shape index (κ1) is 23.8. The molecular formula is C29H46O4. The van der Waals surface area contributed by atoms with Gasteiger partial charge < -0.3 is 10.2 Å². The molecule has 2 N–H and O–H groups in total. The number of aliphatic hydroxyl groups is 1. The van der Waals surface area contributed by atoms with Crippen LogP contribution in [0.3, 0.4) is 0 Å². The number of hydrogen-bond donors (Lipinski definition) is 2. The van der Waals surface area contributed by atoms with Crippen molar-refractivity contribution in [3.8, 4) is 0 Å². The van der Waals surface area contributed by atoms with Gasteiger partial charge in [-0.15, -0.1) is 0 Å². The SMILES string of the molecule is C[C@H]1C(=O)CC[C@@H]2[C@]1(C)CC[C@H]1[C@@]2(C)CC[C@@]2(C)[C@@H]3C[C@](C)(O)CC[C@]3(C(=O)O)CC[C@]12C. The van der Waals surface area contributed by atoms with E-state index < -0.39 is 17.0 Å². The molecule has 5 rings (SSSR count). The van der Waals surface area contributed by atoms with Gasteiger partial charge in [-0.2, -0.15) is 0 Å². The number of carbonyl (C=O) groups is 2. The second-order valence-electron chi connectivity index (χ2n) is 14.4. The number of hydrogen-bond acceptors (Lipinski definition) is 3. The third kappa shape index (κ3) is 2.79. The summed E-state index contributed by atoms with van der Waals surface area (Å²) < 4.78 is 0. The molecule has 0 bridgehead atoms. The lowest BCUT2D eigenvalue weighted by atomic mass is 9.30. The van der Waals surface area contributed by atoms with Crippen LogP contribution in [0.15, 0.2) is 0 Å². The van der Waals surface area contributed by atoms with Gasteiger partial charge in [-0.25, -0.2) is 0 Å². The van der Waals surface area contributed by atoms with Crippen molar-refractivity contribution in [1.82, 2.24) is 0 Å². The van der Waals surface area contributed by atoms with E-state index in [1.165, 1.54) is 0 Å². The molecule has 4 heteroatoms. The highest BCUT2D eigenvalue weighted by molar-refractivity contribution is 5.82. The van der Waals surface area contributed by atoms with Gasteiger partial charge in [0.1, 0.15) is 5.78 Å². The summed E-state index contributed by atoms with van der Waals surface area (Å²) in [6.07, 6.45) is 9.72. The standard InChI is InChI=1S/C29H46O4/c1-18-19(30)7-8-20-25(18,3)10-9-21-26(20,4)12-13-28(6)22-17-24(2,33)11-15-29(22,23(31)32)16-14-27(21,28)5/h18,20-22,33H,7-17H2,1-6H3,(H,31,32)/t18-,20+,21-,22-,24+,25+,26-,27+,28-,29-/m0/s1. The van der Waals surface area contributed by atoms with Gasteiger partial charge in [-0.05, 0) is 111 Å². The van der Waals surface area contributed by atoms with Gasteiger partial charge in [0.05, 0.1) is 11.0 Å². The lowest BCUT2D eigenvalue weighted by Crippen LogP contribution is -2.69. The predicted molar refractivity (Wildman–Crippen MR) is 129 cm³/mol. The van der Waals surface area contributed by atoms with E-state index >= 15 is 0 Å². The molecule has 0 unspecified atom stereocenters. The van der Waals surface area contributed by atoms with E-state index in [-0.39, 0.29) is 33.5 Å². The van der Waals surface area contributed by atoms with Crippen LogP contribution >= 0.6 is 0 Å². The second-order valence-corrected chi connectivity index (χ2v) is 14.4. The zero-order chi connectivity index (χ0) is 24.2. The first-order chi connectivity index (χ1) is 15.2. The van der Waals surface area contributed by atoms with Gasteiger partial charge in [-0.3, -0.25) is 9.59 Å². The monoisotopic (exact) mass is 458 g/mol. The van der Waals surface area contributed by atoms with Gasteiger partial charge in [0, 0.05) is 12.3 Å². The highest BCUT2D eigenvalue weighted by atomic mass is 16.4. The summed E-state index contributed by atoms with van der Waals surface area (Å²) in [6, 6.07) is 0. The number of carbonyl (C=O) groups excluding carboxylic acids is 1. The third-order valence-corrected chi connectivity index (χ3v) is 13.5. The van der Waals surface area contributed by atoms with Crippen LogP contribution in [0.4, 0.5) is 0 Å². The number of aliphatic carboxylic acids is 1. The minimum Gasteiger partial charge on any atom is -0.481 e. The summed E-state index contributed by atoms with van der Waals surface area (Å²) in [5.74, 6) is 1.12. The number of Topliss-reactive ketones (excluding diaryl/α,β-unsaturated/α-hetero) is 1. The van der Waals surface area contributed by atoms with Gasteiger partial charge in [0.15, 0.2) is 0 Å². The molecule has 0 aromatic carbocycles. The van der Waals surface area contributed by atoms with Crippen LogP contribution in [0.5, 0.6) is 0 Å². The minimum absolute atomic E-state index is 0.0229. The largest absolute Gasteiger partial charge is 0.481 e. The van der Waals surface area contributed by atoms with Crippen molar-refractivity contribution in [2.45, 2.75) is 118 Å². The molecule has 0 radical (unpaired) electrons. The van der Waals surface area contributed by atoms with Crippen LogP contribution < -0.4 is 0 Å². The summed E-state index contributed by atoms with van der Waals surface area (Å²) >= 11 is 0. The van der Waals surface area contributed by atoms with Crippen LogP contribution in [0.25, 0.3) is 0 Å². The van der Waals surface area contributed by atoms with Gasteiger partial charge in [0.25, 0.3) is 0 Å². The Balaban J connectivity index is 1.57. The number of carboxylic acids is 1. The first-order valence-electron chi connectivity index (χ1n) is 13.6. The average molecular weight is 459 g/mol. The van der Waals surface area contributed by atoms with Gasteiger partial charge in [-0.1, -0.05) is 34.6 Å². The van der Waals surface area contributed by atoms with E-state index in [2.05, 4.69) is 34.6 Å². The normalized spacial score (nSPS) is 58.5. The fourth-order valence-electron chi connectivity index (χ4n) is 11.0. The Morgan fingerprint density at radius 3 is 2.06 bits per heavy atom. The Morgan fingerprint density at radius 1 is 0.788 bits per heavy atom. The van der Waals surface area contributed by atoms with Gasteiger partial charge in [0.2, 0.25) is 0 Å². The first-order valence-corrected chi connectivity index (χ1v) is 13.6. The van der Waals surface area contributed by atoms with Crippen molar-refractivity contribution in [3.63, 3.8) is 0 Å². The van der Waals surface area contributed by atoms with Crippen LogP contribution in [0.2, 0.25) is 0 Å². The molecule has 0 spiro atoms. The molecule has 10 atom stereocenters. The molecule has 4 nitrogen and oxygen atoms in total. The Morgan fingerprint density at radius 2 is 1.39 bits per heavy atom. The van der Waals surface area contributed by atoms with Crippen molar-refractivity contribution in [2.75, 3.05) is 0 Å². The highest BCUT2D eigenvalue weighted by Gasteiger charge is 2.72. The van der Waals surface area contributed by atoms with Crippen LogP contribution in [-0.4, -0.2) is 27.6 Å². The quantitative estimate of drug-likeness (QED) is 0.487. The van der Waals surface area contributed by atoms with Crippen molar-refractivity contribution in [3.05, 3.63) is 0 Å². The van der Waals surface area contributed by atoms with Crippen molar-refractivity contribution >= 4 is 11.8 Å². The molecular weight excluding hydrogens is 412 g/mol. The van der Waals surface area contributed by atoms with Crippen molar-refractivity contribution in [1.29, 1.82) is 0 Å². The van der Waals surface area contributed by atoms with E-state index in [9.17, 15) is 19.8 Å². The molecule has 0 aromatic heterocycles. The predicted octanol–water partition coefficient (Wildman–Crippen LogP) is 6.25. The van der Waals surface area contributed by atoms with Crippen LogP contribution in [-0.2, 0) is 9.59 Å². The Bertz CT molecular complexity index is 879. The molecule has 5 saturated carbocycles. The fraction of sp³-hybridized carbons (Fsp3) is 0.931. The topological polar surface area (TPSA) is 74.6 Å². The number of fused-ring (bicyclic) bond motifs is 7. The maximum atomic E-state index is 12.8. The Hall–Kier alpha value is -0.900. The molecule has 33 heavy (non-hydrogen) atoms. The number of carboxylic acid groups (broad SMARTS) is 1. The van der Waals surface area contributed by atoms with Crippen molar-refractivity contribution < 1.29 is 19.8 Å². The summed E-state index contributed by atoms with van der Waals surface area (Å²) in [7, 11) is 0. The zero-order valence-electron chi connectivity index (χ0n) is 21.8. The smallest absolute Gasteiger partial charge is 0.309 e. The molecule has 5 aliphatic rings. The number of rotatable bonds is 1. The fourth-order valence-corrected chi connectivity index (χ4v) is 11.0. The zero-order valence-corrected chi connectivity index (χ0v) is 21.8. The van der Waals surface area contributed by atoms with E-state index in [4.69, 9.17) is 0 Å². The average Bonchev–Trinajstić information content (AvgIpc) is 2.73. The maximum absolute atomic E-state index is 12.8. The van der Waals surface area contributed by atoms with Gasteiger partial charge >= 0.3 is 5.97 Å². The van der Waals surface area contributed by atoms with Crippen molar-refractivity contribution in [2.24, 2.45) is 50.7 Å². The molecule has 5 aliphatic carbocycles. The molecule has 0 heterocycles. The summed E-state index contributed by atoms with van der Waals surface area (Å²) in [6.45, 7) is 13.9. The second kappa shape index (κ2) is 6.86. The van der Waals surface area contributed by atoms with E-state index in [0.717, 1.165) is 51.4 Å². The summed E-state index contributed by atoms with van der Waals surface area (Å²) in [4.78, 5) is 25.5. The highest BCUT2D eigenvalue weighted by Crippen LogP contribution is 2.78. The van der Waals surface area contributed by atoms with E-state index in [0.29, 0.717) is 36.9 Å². The summed E-state index contributed by atoms with van der Waals surface area (Å²) in [5.41, 5.74) is -1.16. The lowest BCUT2D eigenvalue weighted by Gasteiger charge is -2.74. The van der Waals surface area contributed by atoms with Crippen LogP contribution in [0.1, 0.15) is 112 Å². The summed E-state index contributed by atoms with van der Waals surface area (Å²) in [5, 5.41) is 21.6. The maximum Gasteiger partial charge on any atom is 0.309 e.